The molecule has 1 heterocycles. The van der Waals surface area contributed by atoms with E-state index in [0.29, 0.717) is 10.7 Å². The normalized spacial score (nSPS) is 29.3. The Morgan fingerprint density at radius 3 is 2.68 bits per heavy atom. The van der Waals surface area contributed by atoms with E-state index in [1.165, 1.54) is 12.8 Å². The van der Waals surface area contributed by atoms with Crippen LogP contribution in [0.2, 0.25) is 0 Å². The minimum absolute atomic E-state index is 0.102. The van der Waals surface area contributed by atoms with Crippen molar-refractivity contribution < 1.29 is 4.79 Å². The van der Waals surface area contributed by atoms with Crippen LogP contribution >= 0.6 is 11.8 Å². The quantitative estimate of drug-likeness (QED) is 0.793. The molecule has 0 aromatic carbocycles. The smallest absolute Gasteiger partial charge is 0.224 e. The molecule has 3 nitrogen and oxygen atoms in total. The van der Waals surface area contributed by atoms with E-state index in [2.05, 4.69) is 25.1 Å². The summed E-state index contributed by atoms with van der Waals surface area (Å²) in [5, 5.41) is 0. The molecule has 1 rings (SSSR count). The molecule has 0 bridgehead atoms. The topological polar surface area (TPSA) is 23.6 Å². The van der Waals surface area contributed by atoms with Gasteiger partial charge in [0.1, 0.15) is 0 Å². The molecule has 1 aliphatic rings. The molecule has 1 aliphatic heterocycles. The zero-order valence-electron chi connectivity index (χ0n) is 13.4. The number of hydrogen-bond acceptors (Lipinski definition) is 3. The minimum atomic E-state index is 0.102. The number of thioether (sulfide) groups is 1. The third kappa shape index (κ3) is 4.99. The number of carbonyl (C=O) groups excluding carboxylic acids is 1. The molecular formula is C15H30N2OS. The van der Waals surface area contributed by atoms with Gasteiger partial charge in [0.15, 0.2) is 0 Å². The second-order valence-electron chi connectivity index (χ2n) is 6.62. The average Bonchev–Trinajstić information content (AvgIpc) is 2.47. The molecule has 1 amide bonds. The van der Waals surface area contributed by atoms with Crippen LogP contribution in [-0.2, 0) is 4.79 Å². The Labute approximate surface area is 123 Å². The summed E-state index contributed by atoms with van der Waals surface area (Å²) in [7, 11) is 4.16. The molecule has 0 radical (unpaired) electrons. The highest BCUT2D eigenvalue weighted by atomic mass is 32.2. The lowest BCUT2D eigenvalue weighted by atomic mass is 9.93. The van der Waals surface area contributed by atoms with E-state index in [0.717, 1.165) is 19.6 Å². The van der Waals surface area contributed by atoms with Crippen LogP contribution in [0.15, 0.2) is 0 Å². The lowest BCUT2D eigenvalue weighted by Gasteiger charge is -2.32. The van der Waals surface area contributed by atoms with Crippen LogP contribution in [0.1, 0.15) is 33.6 Å². The number of nitrogens with zero attached hydrogens (tertiary/aromatic N) is 2. The third-order valence-electron chi connectivity index (χ3n) is 4.14. The Morgan fingerprint density at radius 2 is 2.16 bits per heavy atom. The molecule has 0 aliphatic carbocycles. The van der Waals surface area contributed by atoms with Gasteiger partial charge < -0.3 is 9.80 Å². The number of rotatable bonds is 4. The minimum Gasteiger partial charge on any atom is -0.345 e. The summed E-state index contributed by atoms with van der Waals surface area (Å²) in [4.78, 5) is 16.4. The monoisotopic (exact) mass is 286 g/mol. The van der Waals surface area contributed by atoms with Crippen LogP contribution in [0, 0.1) is 11.8 Å². The summed E-state index contributed by atoms with van der Waals surface area (Å²) in [6, 6.07) is 0. The van der Waals surface area contributed by atoms with Gasteiger partial charge in [-0.25, -0.2) is 0 Å². The van der Waals surface area contributed by atoms with E-state index in [1.807, 2.05) is 37.6 Å². The van der Waals surface area contributed by atoms with Crippen molar-refractivity contribution in [2.75, 3.05) is 40.0 Å². The standard InChI is InChI=1S/C15H30N2OS/c1-12(2)14(18)17(5)10-13-7-8-16(4)11-15(3,9-13)19-6/h12-13H,7-11H2,1-6H3. The first-order valence-electron chi connectivity index (χ1n) is 7.26. The molecule has 2 unspecified atom stereocenters. The Hall–Kier alpha value is -0.220. The van der Waals surface area contributed by atoms with Crippen LogP contribution < -0.4 is 0 Å². The van der Waals surface area contributed by atoms with E-state index in [-0.39, 0.29) is 11.8 Å². The molecule has 19 heavy (non-hydrogen) atoms. The molecule has 2 atom stereocenters. The van der Waals surface area contributed by atoms with Crippen molar-refractivity contribution in [3.05, 3.63) is 0 Å². The highest BCUT2D eigenvalue weighted by molar-refractivity contribution is 8.00. The maximum Gasteiger partial charge on any atom is 0.224 e. The zero-order valence-corrected chi connectivity index (χ0v) is 14.2. The lowest BCUT2D eigenvalue weighted by Crippen LogP contribution is -2.37. The van der Waals surface area contributed by atoms with Crippen molar-refractivity contribution in [3.8, 4) is 0 Å². The Morgan fingerprint density at radius 1 is 1.53 bits per heavy atom. The van der Waals surface area contributed by atoms with Gasteiger partial charge in [0, 0.05) is 30.8 Å². The number of carbonyl (C=O) groups is 1. The van der Waals surface area contributed by atoms with E-state index >= 15 is 0 Å². The van der Waals surface area contributed by atoms with Crippen molar-refractivity contribution in [3.63, 3.8) is 0 Å². The van der Waals surface area contributed by atoms with Crippen LogP contribution in [-0.4, -0.2) is 60.4 Å². The SMILES string of the molecule is CSC1(C)CC(CN(C)C(=O)C(C)C)CCN(C)C1. The van der Waals surface area contributed by atoms with E-state index in [4.69, 9.17) is 0 Å². The summed E-state index contributed by atoms with van der Waals surface area (Å²) >= 11 is 1.97. The van der Waals surface area contributed by atoms with Gasteiger partial charge in [0.2, 0.25) is 5.91 Å². The number of amides is 1. The van der Waals surface area contributed by atoms with Crippen molar-refractivity contribution in [1.29, 1.82) is 0 Å². The molecule has 0 N–H and O–H groups in total. The first kappa shape index (κ1) is 16.8. The fraction of sp³-hybridized carbons (Fsp3) is 0.933. The van der Waals surface area contributed by atoms with Crippen LogP contribution in [0.4, 0.5) is 0 Å². The first-order valence-corrected chi connectivity index (χ1v) is 8.48. The fourth-order valence-electron chi connectivity index (χ4n) is 3.05. The van der Waals surface area contributed by atoms with Gasteiger partial charge in [-0.1, -0.05) is 13.8 Å². The molecule has 0 aromatic rings. The highest BCUT2D eigenvalue weighted by Gasteiger charge is 2.32. The van der Waals surface area contributed by atoms with Crippen molar-refractivity contribution in [2.45, 2.75) is 38.4 Å². The average molecular weight is 286 g/mol. The predicted molar refractivity (Wildman–Crippen MR) is 84.6 cm³/mol. The van der Waals surface area contributed by atoms with Crippen LogP contribution in [0.5, 0.6) is 0 Å². The van der Waals surface area contributed by atoms with E-state index in [9.17, 15) is 4.79 Å². The van der Waals surface area contributed by atoms with Crippen LogP contribution in [0.25, 0.3) is 0 Å². The second-order valence-corrected chi connectivity index (χ2v) is 8.02. The zero-order chi connectivity index (χ0) is 14.6. The summed E-state index contributed by atoms with van der Waals surface area (Å²) in [6.45, 7) is 9.51. The van der Waals surface area contributed by atoms with Gasteiger partial charge in [-0.05, 0) is 45.5 Å². The fourth-order valence-corrected chi connectivity index (χ4v) is 3.80. The molecule has 0 saturated carbocycles. The molecule has 1 saturated heterocycles. The number of likely N-dealkylation sites (tertiary alicyclic amines) is 1. The molecular weight excluding hydrogens is 256 g/mol. The maximum absolute atomic E-state index is 12.0. The second kappa shape index (κ2) is 6.98. The number of hydrogen-bond donors (Lipinski definition) is 0. The van der Waals surface area contributed by atoms with Crippen LogP contribution in [0.3, 0.4) is 0 Å². The lowest BCUT2D eigenvalue weighted by molar-refractivity contribution is -0.133. The van der Waals surface area contributed by atoms with Crippen molar-refractivity contribution in [2.24, 2.45) is 11.8 Å². The molecule has 112 valence electrons. The Kier molecular flexibility index (Phi) is 6.18. The van der Waals surface area contributed by atoms with Gasteiger partial charge in [0.25, 0.3) is 0 Å². The maximum atomic E-state index is 12.0. The van der Waals surface area contributed by atoms with Gasteiger partial charge in [0.05, 0.1) is 0 Å². The largest absolute Gasteiger partial charge is 0.345 e. The van der Waals surface area contributed by atoms with Crippen molar-refractivity contribution >= 4 is 17.7 Å². The summed E-state index contributed by atoms with van der Waals surface area (Å²) in [5.74, 6) is 0.990. The van der Waals surface area contributed by atoms with E-state index in [1.54, 1.807) is 0 Å². The third-order valence-corrected chi connectivity index (χ3v) is 5.42. The predicted octanol–water partition coefficient (Wildman–Crippen LogP) is 2.56. The van der Waals surface area contributed by atoms with Crippen molar-refractivity contribution in [1.82, 2.24) is 9.80 Å². The highest BCUT2D eigenvalue weighted by Crippen LogP contribution is 2.34. The Bertz CT molecular complexity index is 309. The summed E-state index contributed by atoms with van der Waals surface area (Å²) in [6.07, 6.45) is 4.61. The van der Waals surface area contributed by atoms with E-state index < -0.39 is 0 Å². The van der Waals surface area contributed by atoms with Gasteiger partial charge in [-0.3, -0.25) is 4.79 Å². The van der Waals surface area contributed by atoms with Gasteiger partial charge in [-0.15, -0.1) is 0 Å². The first-order chi connectivity index (χ1) is 8.77. The van der Waals surface area contributed by atoms with Gasteiger partial charge >= 0.3 is 0 Å². The molecule has 4 heteroatoms. The molecule has 1 fully saturated rings. The summed E-state index contributed by atoms with van der Waals surface area (Å²) in [5.41, 5.74) is 0. The van der Waals surface area contributed by atoms with Gasteiger partial charge in [-0.2, -0.15) is 11.8 Å². The summed E-state index contributed by atoms with van der Waals surface area (Å²) < 4.78 is 0.317. The molecule has 0 aromatic heterocycles. The Balaban J connectivity index is 2.64. The molecule has 0 spiro atoms.